The Balaban J connectivity index is 1.85. The number of rotatable bonds is 4. The second kappa shape index (κ2) is 7.22. The van der Waals surface area contributed by atoms with Gasteiger partial charge in [0.1, 0.15) is 5.82 Å². The summed E-state index contributed by atoms with van der Waals surface area (Å²) in [7, 11) is 0. The lowest BCUT2D eigenvalue weighted by molar-refractivity contribution is 0.262. The molecule has 2 amide bonds. The van der Waals surface area contributed by atoms with Crippen LogP contribution < -0.4 is 16.2 Å². The number of urea groups is 1. The van der Waals surface area contributed by atoms with Crippen LogP contribution in [0.1, 0.15) is 23.9 Å². The number of nitrogens with zero attached hydrogens (tertiary/aromatic N) is 3. The number of carbonyl (C=O) groups is 1. The highest BCUT2D eigenvalue weighted by atomic mass is 16.2. The lowest BCUT2D eigenvalue weighted by atomic mass is 10.2. The lowest BCUT2D eigenvalue weighted by Crippen LogP contribution is -2.22. The minimum Gasteiger partial charge on any atom is -0.308 e. The third kappa shape index (κ3) is 3.97. The van der Waals surface area contributed by atoms with Crippen LogP contribution in [0.2, 0.25) is 0 Å². The lowest BCUT2D eigenvalue weighted by Gasteiger charge is -2.10. The molecule has 0 saturated carbocycles. The number of H-pyrrole nitrogens is 1. The normalized spacial score (nSPS) is 10.6. The summed E-state index contributed by atoms with van der Waals surface area (Å²) in [5.41, 5.74) is 2.84. The van der Waals surface area contributed by atoms with Gasteiger partial charge in [0, 0.05) is 23.5 Å². The average Bonchev–Trinajstić information content (AvgIpc) is 2.96. The van der Waals surface area contributed by atoms with Crippen LogP contribution in [0.15, 0.2) is 41.2 Å². The van der Waals surface area contributed by atoms with E-state index in [9.17, 15) is 9.59 Å². The van der Waals surface area contributed by atoms with Crippen LogP contribution in [-0.2, 0) is 6.42 Å². The van der Waals surface area contributed by atoms with Gasteiger partial charge in [-0.1, -0.05) is 24.6 Å². The molecule has 0 spiro atoms. The van der Waals surface area contributed by atoms with Gasteiger partial charge in [0.05, 0.1) is 5.69 Å². The van der Waals surface area contributed by atoms with E-state index in [0.717, 1.165) is 5.56 Å². The van der Waals surface area contributed by atoms with Crippen molar-refractivity contribution in [2.45, 2.75) is 27.2 Å². The fourth-order valence-corrected chi connectivity index (χ4v) is 2.44. The summed E-state index contributed by atoms with van der Waals surface area (Å²) in [6.45, 7) is 5.68. The van der Waals surface area contributed by atoms with Gasteiger partial charge in [0.25, 0.3) is 5.56 Å². The summed E-state index contributed by atoms with van der Waals surface area (Å²) >= 11 is 0. The monoisotopic (exact) mass is 352 g/mol. The van der Waals surface area contributed by atoms with E-state index in [1.165, 1.54) is 10.7 Å². The topological polar surface area (TPSA) is 105 Å². The molecule has 134 valence electrons. The molecule has 3 aromatic rings. The van der Waals surface area contributed by atoms with Crippen molar-refractivity contribution in [2.24, 2.45) is 0 Å². The first-order chi connectivity index (χ1) is 12.4. The third-order valence-electron chi connectivity index (χ3n) is 3.73. The summed E-state index contributed by atoms with van der Waals surface area (Å²) in [4.78, 5) is 31.1. The van der Waals surface area contributed by atoms with Crippen LogP contribution in [0.4, 0.5) is 16.3 Å². The number of amides is 2. The van der Waals surface area contributed by atoms with E-state index >= 15 is 0 Å². The quantitative estimate of drug-likeness (QED) is 0.671. The van der Waals surface area contributed by atoms with Crippen molar-refractivity contribution in [3.8, 4) is 5.95 Å². The van der Waals surface area contributed by atoms with Crippen LogP contribution in [0, 0.1) is 13.8 Å². The minimum absolute atomic E-state index is 0.257. The van der Waals surface area contributed by atoms with E-state index < -0.39 is 6.03 Å². The second-order valence-electron chi connectivity index (χ2n) is 5.94. The third-order valence-corrected chi connectivity index (χ3v) is 3.73. The molecule has 0 atom stereocenters. The maximum Gasteiger partial charge on any atom is 0.324 e. The Morgan fingerprint density at radius 1 is 1.15 bits per heavy atom. The molecule has 8 nitrogen and oxygen atoms in total. The molecule has 0 aliphatic heterocycles. The standard InChI is InChI=1S/C18H20N6O2/c1-4-13-10-16(25)22-17(19-13)24-15(9-12(3)23-24)21-18(26)20-14-7-5-11(2)6-8-14/h5-10H,4H2,1-3H3,(H,19,22,25)(H2,20,21,26). The van der Waals surface area contributed by atoms with Crippen LogP contribution in [-0.4, -0.2) is 25.8 Å². The molecule has 26 heavy (non-hydrogen) atoms. The van der Waals surface area contributed by atoms with Crippen LogP contribution >= 0.6 is 0 Å². The zero-order chi connectivity index (χ0) is 18.7. The number of hydrogen-bond acceptors (Lipinski definition) is 4. The average molecular weight is 352 g/mol. The molecule has 0 radical (unpaired) electrons. The number of aryl methyl sites for hydroxylation is 3. The number of nitrogens with one attached hydrogen (secondary N) is 3. The van der Waals surface area contributed by atoms with Crippen molar-refractivity contribution < 1.29 is 4.79 Å². The molecular weight excluding hydrogens is 332 g/mol. The molecule has 1 aromatic carbocycles. The molecule has 0 unspecified atom stereocenters. The first kappa shape index (κ1) is 17.4. The molecule has 2 heterocycles. The summed E-state index contributed by atoms with van der Waals surface area (Å²) in [5.74, 6) is 0.664. The minimum atomic E-state index is -0.413. The number of carbonyl (C=O) groups excluding carboxylic acids is 1. The van der Waals surface area contributed by atoms with Gasteiger partial charge in [-0.25, -0.2) is 9.78 Å². The van der Waals surface area contributed by atoms with E-state index in [2.05, 4.69) is 25.7 Å². The first-order valence-corrected chi connectivity index (χ1v) is 8.26. The Morgan fingerprint density at radius 3 is 2.58 bits per heavy atom. The maximum atomic E-state index is 12.3. The van der Waals surface area contributed by atoms with Gasteiger partial charge < -0.3 is 5.32 Å². The van der Waals surface area contributed by atoms with Crippen molar-refractivity contribution in [3.05, 3.63) is 63.7 Å². The smallest absolute Gasteiger partial charge is 0.308 e. The van der Waals surface area contributed by atoms with Crippen molar-refractivity contribution in [1.29, 1.82) is 0 Å². The van der Waals surface area contributed by atoms with E-state index in [-0.39, 0.29) is 11.5 Å². The number of anilines is 2. The van der Waals surface area contributed by atoms with Gasteiger partial charge in [0.2, 0.25) is 5.95 Å². The summed E-state index contributed by atoms with van der Waals surface area (Å²) in [6, 6.07) is 10.2. The molecule has 0 fully saturated rings. The highest BCUT2D eigenvalue weighted by Gasteiger charge is 2.13. The Kier molecular flexibility index (Phi) is 4.83. The predicted octanol–water partition coefficient (Wildman–Crippen LogP) is 2.78. The van der Waals surface area contributed by atoms with Gasteiger partial charge in [0.15, 0.2) is 0 Å². The van der Waals surface area contributed by atoms with Crippen molar-refractivity contribution in [3.63, 3.8) is 0 Å². The molecule has 3 N–H and O–H groups in total. The highest BCUT2D eigenvalue weighted by Crippen LogP contribution is 2.15. The van der Waals surface area contributed by atoms with Gasteiger partial charge >= 0.3 is 6.03 Å². The largest absolute Gasteiger partial charge is 0.324 e. The van der Waals surface area contributed by atoms with Gasteiger partial charge in [-0.05, 0) is 32.4 Å². The maximum absolute atomic E-state index is 12.3. The molecule has 0 bridgehead atoms. The summed E-state index contributed by atoms with van der Waals surface area (Å²) in [5, 5.41) is 9.80. The fraction of sp³-hybridized carbons (Fsp3) is 0.222. The van der Waals surface area contributed by atoms with Crippen LogP contribution in [0.5, 0.6) is 0 Å². The van der Waals surface area contributed by atoms with Crippen LogP contribution in [0.3, 0.4) is 0 Å². The molecule has 3 rings (SSSR count). The summed E-state index contributed by atoms with van der Waals surface area (Å²) < 4.78 is 1.41. The Labute approximate surface area is 150 Å². The van der Waals surface area contributed by atoms with E-state index in [4.69, 9.17) is 0 Å². The Bertz CT molecular complexity index is 988. The van der Waals surface area contributed by atoms with Crippen molar-refractivity contribution >= 4 is 17.5 Å². The van der Waals surface area contributed by atoms with Crippen molar-refractivity contribution in [2.75, 3.05) is 10.6 Å². The second-order valence-corrected chi connectivity index (χ2v) is 5.94. The predicted molar refractivity (Wildman–Crippen MR) is 99.9 cm³/mol. The summed E-state index contributed by atoms with van der Waals surface area (Å²) in [6.07, 6.45) is 0.619. The van der Waals surface area contributed by atoms with Gasteiger partial charge in [-0.15, -0.1) is 0 Å². The molecule has 2 aromatic heterocycles. The zero-order valence-electron chi connectivity index (χ0n) is 14.8. The number of hydrogen-bond donors (Lipinski definition) is 3. The molecule has 8 heteroatoms. The SMILES string of the molecule is CCc1cc(=O)[nH]c(-n2nc(C)cc2NC(=O)Nc2ccc(C)cc2)n1. The first-order valence-electron chi connectivity index (χ1n) is 8.26. The van der Waals surface area contributed by atoms with E-state index in [0.29, 0.717) is 29.3 Å². The van der Waals surface area contributed by atoms with Crippen molar-refractivity contribution in [1.82, 2.24) is 19.7 Å². The molecule has 0 saturated heterocycles. The Morgan fingerprint density at radius 2 is 1.88 bits per heavy atom. The van der Waals surface area contributed by atoms with Gasteiger partial charge in [-0.3, -0.25) is 15.1 Å². The fourth-order valence-electron chi connectivity index (χ4n) is 2.44. The van der Waals surface area contributed by atoms with E-state index in [1.54, 1.807) is 13.0 Å². The molecule has 0 aliphatic carbocycles. The van der Waals surface area contributed by atoms with Gasteiger partial charge in [-0.2, -0.15) is 9.78 Å². The number of aromatic nitrogens is 4. The molecular formula is C18H20N6O2. The van der Waals surface area contributed by atoms with Crippen LogP contribution in [0.25, 0.3) is 5.95 Å². The number of benzene rings is 1. The van der Waals surface area contributed by atoms with E-state index in [1.807, 2.05) is 38.1 Å². The Hall–Kier alpha value is -3.42. The molecule has 0 aliphatic rings. The highest BCUT2D eigenvalue weighted by molar-refractivity contribution is 5.99. The number of aromatic amines is 1. The zero-order valence-corrected chi connectivity index (χ0v) is 14.8.